The number of aldehydes is 1. The number of halogens is 1. The molecule has 0 spiro atoms. The molecule has 0 unspecified atom stereocenters. The molecule has 4 nitrogen and oxygen atoms in total. The van der Waals surface area contributed by atoms with E-state index in [4.69, 9.17) is 22.9 Å². The molecule has 2 aromatic carbocycles. The zero-order valence-electron chi connectivity index (χ0n) is 14.2. The summed E-state index contributed by atoms with van der Waals surface area (Å²) in [5.74, 6) is 1.10. The van der Waals surface area contributed by atoms with Crippen molar-refractivity contribution in [2.75, 3.05) is 0 Å². The molecule has 0 bridgehead atoms. The number of carbonyl (C=O) groups is 2. The summed E-state index contributed by atoms with van der Waals surface area (Å²) in [6, 6.07) is 12.3. The summed E-state index contributed by atoms with van der Waals surface area (Å²) in [6.45, 7) is 6.99. The third kappa shape index (κ3) is 4.30. The van der Waals surface area contributed by atoms with E-state index < -0.39 is 0 Å². The quantitative estimate of drug-likeness (QED) is 0.390. The average molecular weight is 368 g/mol. The minimum atomic E-state index is 0.0811. The van der Waals surface area contributed by atoms with Crippen LogP contribution < -0.4 is 4.74 Å². The van der Waals surface area contributed by atoms with Crippen molar-refractivity contribution in [3.63, 3.8) is 0 Å². The summed E-state index contributed by atoms with van der Waals surface area (Å²) >= 11 is 6.01. The van der Waals surface area contributed by atoms with Crippen LogP contribution in [-0.2, 0) is 11.2 Å². The van der Waals surface area contributed by atoms with Gasteiger partial charge in [0.15, 0.2) is 5.78 Å². The molecule has 1 saturated carbocycles. The van der Waals surface area contributed by atoms with E-state index in [1.54, 1.807) is 30.3 Å². The molecule has 0 N–H and O–H groups in total. The van der Waals surface area contributed by atoms with Crippen LogP contribution in [0.2, 0.25) is 5.02 Å². The molecule has 0 aliphatic heterocycles. The Kier molecular flexibility index (Phi) is 5.70. The van der Waals surface area contributed by atoms with Gasteiger partial charge < -0.3 is 9.53 Å². The molecule has 0 atom stereocenters. The molecule has 0 saturated heterocycles. The third-order valence-corrected chi connectivity index (χ3v) is 4.91. The van der Waals surface area contributed by atoms with Crippen LogP contribution in [0.5, 0.6) is 5.75 Å². The Balaban J connectivity index is 1.47. The monoisotopic (exact) mass is 367 g/mol. The molecule has 1 fully saturated rings. The lowest BCUT2D eigenvalue weighted by molar-refractivity contribution is -0.107. The first-order valence-corrected chi connectivity index (χ1v) is 8.86. The zero-order valence-corrected chi connectivity index (χ0v) is 14.9. The van der Waals surface area contributed by atoms with Gasteiger partial charge in [0.2, 0.25) is 5.69 Å². The first-order valence-electron chi connectivity index (χ1n) is 8.48. The van der Waals surface area contributed by atoms with Gasteiger partial charge in [-0.2, -0.15) is 0 Å². The fraction of sp³-hybridized carbons (Fsp3) is 0.286. The maximum atomic E-state index is 12.3. The Hall–Kier alpha value is -2.64. The fourth-order valence-corrected chi connectivity index (χ4v) is 3.30. The second-order valence-corrected chi connectivity index (χ2v) is 6.90. The van der Waals surface area contributed by atoms with Crippen LogP contribution in [0.25, 0.3) is 4.85 Å². The Bertz CT molecular complexity index is 849. The molecule has 1 aliphatic rings. The summed E-state index contributed by atoms with van der Waals surface area (Å²) in [7, 11) is 0. The summed E-state index contributed by atoms with van der Waals surface area (Å²) in [4.78, 5) is 26.2. The molecule has 0 heterocycles. The number of carbonyl (C=O) groups excluding carboxylic acids is 2. The highest BCUT2D eigenvalue weighted by molar-refractivity contribution is 6.33. The van der Waals surface area contributed by atoms with Crippen molar-refractivity contribution in [3.05, 3.63) is 70.0 Å². The van der Waals surface area contributed by atoms with E-state index >= 15 is 0 Å². The second-order valence-electron chi connectivity index (χ2n) is 6.50. The molecule has 26 heavy (non-hydrogen) atoms. The first-order chi connectivity index (χ1) is 12.6. The Morgan fingerprint density at radius 1 is 1.23 bits per heavy atom. The molecule has 1 aliphatic carbocycles. The zero-order chi connectivity index (χ0) is 18.5. The molecule has 0 aromatic heterocycles. The molecule has 0 amide bonds. The highest BCUT2D eigenvalue weighted by atomic mass is 35.5. The predicted molar refractivity (Wildman–Crippen MR) is 100 cm³/mol. The van der Waals surface area contributed by atoms with Crippen LogP contribution >= 0.6 is 11.6 Å². The van der Waals surface area contributed by atoms with E-state index in [0.717, 1.165) is 24.7 Å². The number of ether oxygens (including phenoxy) is 1. The Morgan fingerprint density at radius 2 is 1.96 bits per heavy atom. The second kappa shape index (κ2) is 8.16. The molecule has 2 aromatic rings. The van der Waals surface area contributed by atoms with Crippen molar-refractivity contribution in [2.24, 2.45) is 5.92 Å². The van der Waals surface area contributed by atoms with Crippen molar-refractivity contribution >= 4 is 29.4 Å². The topological polar surface area (TPSA) is 47.7 Å². The summed E-state index contributed by atoms with van der Waals surface area (Å²) in [5.41, 5.74) is 2.01. The van der Waals surface area contributed by atoms with E-state index in [1.165, 1.54) is 0 Å². The normalized spacial score (nSPS) is 18.5. The number of hydrogen-bond donors (Lipinski definition) is 0. The van der Waals surface area contributed by atoms with E-state index in [-0.39, 0.29) is 11.9 Å². The maximum Gasteiger partial charge on any atom is 0.205 e. The molecular formula is C21H18ClNO3. The Labute approximate surface area is 157 Å². The average Bonchev–Trinajstić information content (AvgIpc) is 2.61. The number of rotatable bonds is 7. The maximum absolute atomic E-state index is 12.3. The molecule has 0 radical (unpaired) electrons. The first kappa shape index (κ1) is 18.2. The van der Waals surface area contributed by atoms with Gasteiger partial charge in [-0.05, 0) is 36.5 Å². The van der Waals surface area contributed by atoms with Gasteiger partial charge in [0, 0.05) is 18.4 Å². The predicted octanol–water partition coefficient (Wildman–Crippen LogP) is 5.06. The molecule has 3 rings (SSSR count). The van der Waals surface area contributed by atoms with Gasteiger partial charge in [-0.3, -0.25) is 4.79 Å². The number of nitrogens with zero attached hydrogens (tertiary/aromatic N) is 1. The van der Waals surface area contributed by atoms with Crippen LogP contribution in [0.15, 0.2) is 42.5 Å². The van der Waals surface area contributed by atoms with Gasteiger partial charge in [0.25, 0.3) is 0 Å². The highest BCUT2D eigenvalue weighted by Gasteiger charge is 2.32. The van der Waals surface area contributed by atoms with Gasteiger partial charge in [-0.15, -0.1) is 0 Å². The molecule has 132 valence electrons. The van der Waals surface area contributed by atoms with Crippen molar-refractivity contribution in [2.45, 2.75) is 31.8 Å². The van der Waals surface area contributed by atoms with Crippen LogP contribution in [0.1, 0.15) is 35.2 Å². The minimum absolute atomic E-state index is 0.0811. The van der Waals surface area contributed by atoms with Gasteiger partial charge in [-0.25, -0.2) is 4.85 Å². The van der Waals surface area contributed by atoms with Crippen molar-refractivity contribution in [1.29, 1.82) is 0 Å². The van der Waals surface area contributed by atoms with Gasteiger partial charge in [0.05, 0.1) is 17.7 Å². The van der Waals surface area contributed by atoms with Crippen LogP contribution in [-0.4, -0.2) is 18.2 Å². The van der Waals surface area contributed by atoms with E-state index in [9.17, 15) is 9.59 Å². The summed E-state index contributed by atoms with van der Waals surface area (Å²) in [5, 5.41) is 0.390. The largest absolute Gasteiger partial charge is 0.490 e. The number of ketones is 1. The van der Waals surface area contributed by atoms with E-state index in [1.807, 2.05) is 12.1 Å². The van der Waals surface area contributed by atoms with Crippen LogP contribution in [0, 0.1) is 12.5 Å². The van der Waals surface area contributed by atoms with Gasteiger partial charge in [-0.1, -0.05) is 41.9 Å². The van der Waals surface area contributed by atoms with Crippen molar-refractivity contribution < 1.29 is 14.3 Å². The Morgan fingerprint density at radius 3 is 2.58 bits per heavy atom. The molecular weight excluding hydrogens is 350 g/mol. The van der Waals surface area contributed by atoms with E-state index in [0.29, 0.717) is 40.8 Å². The number of hydrogen-bond acceptors (Lipinski definition) is 3. The summed E-state index contributed by atoms with van der Waals surface area (Å²) in [6.07, 6.45) is 3.47. The van der Waals surface area contributed by atoms with Gasteiger partial charge in [0.1, 0.15) is 12.0 Å². The molecule has 5 heteroatoms. The number of benzene rings is 2. The summed E-state index contributed by atoms with van der Waals surface area (Å²) < 4.78 is 5.86. The fourth-order valence-electron chi connectivity index (χ4n) is 3.08. The lowest BCUT2D eigenvalue weighted by Gasteiger charge is -2.35. The SMILES string of the molecule is [C-]#[N+]c1ccc(OC2CC(CC(=O)c3ccc(CC=O)cc3)C2)cc1Cl. The van der Waals surface area contributed by atoms with Crippen molar-refractivity contribution in [1.82, 2.24) is 0 Å². The number of Topliss-reactive ketones (excluding diaryl/α,β-unsaturated/α-hetero) is 1. The third-order valence-electron chi connectivity index (χ3n) is 4.60. The van der Waals surface area contributed by atoms with Crippen LogP contribution in [0.4, 0.5) is 5.69 Å². The highest BCUT2D eigenvalue weighted by Crippen LogP contribution is 2.36. The van der Waals surface area contributed by atoms with Crippen molar-refractivity contribution in [3.8, 4) is 5.75 Å². The smallest absolute Gasteiger partial charge is 0.205 e. The van der Waals surface area contributed by atoms with Crippen LogP contribution in [0.3, 0.4) is 0 Å². The lowest BCUT2D eigenvalue weighted by atomic mass is 9.78. The standard InChI is InChI=1S/C21H18ClNO3/c1-23-20-7-6-17(13-19(20)22)26-18-10-15(11-18)12-21(25)16-4-2-14(3-5-16)8-9-24/h2-7,9,13,15,18H,8,10-12H2. The van der Waals surface area contributed by atoms with E-state index in [2.05, 4.69) is 4.85 Å². The lowest BCUT2D eigenvalue weighted by Crippen LogP contribution is -2.35. The minimum Gasteiger partial charge on any atom is -0.490 e. The van der Waals surface area contributed by atoms with Gasteiger partial charge >= 0.3 is 0 Å².